The topological polar surface area (TPSA) is 66.0 Å². The van der Waals surface area contributed by atoms with Crippen molar-refractivity contribution in [2.75, 3.05) is 17.7 Å². The number of nitrogens with one attached hydrogen (secondary N) is 3. The molecule has 112 valence electrons. The number of aromatic nitrogens is 1. The molecule has 0 aliphatic rings. The van der Waals surface area contributed by atoms with Crippen LogP contribution in [0.5, 0.6) is 0 Å². The SMILES string of the molecule is CNc1nc(NC(C)C(=O)NC(C)(C)C)c(Cl)cc1Cl. The predicted octanol–water partition coefficient (Wildman–Crippen LogP) is 3.15. The molecule has 3 N–H and O–H groups in total. The van der Waals surface area contributed by atoms with Crippen LogP contribution >= 0.6 is 23.2 Å². The highest BCUT2D eigenvalue weighted by atomic mass is 35.5. The molecule has 0 bridgehead atoms. The van der Waals surface area contributed by atoms with E-state index in [1.54, 1.807) is 20.0 Å². The van der Waals surface area contributed by atoms with Crippen LogP contribution in [0.4, 0.5) is 11.6 Å². The largest absolute Gasteiger partial charge is 0.372 e. The Labute approximate surface area is 129 Å². The Morgan fingerprint density at radius 2 is 1.80 bits per heavy atom. The second kappa shape index (κ2) is 6.50. The first kappa shape index (κ1) is 16.9. The van der Waals surface area contributed by atoms with Crippen molar-refractivity contribution in [2.24, 2.45) is 0 Å². The summed E-state index contributed by atoms with van der Waals surface area (Å²) in [4.78, 5) is 16.3. The minimum absolute atomic E-state index is 0.128. The van der Waals surface area contributed by atoms with Gasteiger partial charge in [0, 0.05) is 12.6 Å². The molecule has 1 aromatic heterocycles. The zero-order valence-electron chi connectivity index (χ0n) is 12.3. The first-order valence-corrected chi connectivity index (χ1v) is 7.02. The van der Waals surface area contributed by atoms with Crippen LogP contribution in [0, 0.1) is 0 Å². The summed E-state index contributed by atoms with van der Waals surface area (Å²) in [6.07, 6.45) is 0. The molecule has 0 spiro atoms. The van der Waals surface area contributed by atoms with E-state index in [1.807, 2.05) is 20.8 Å². The van der Waals surface area contributed by atoms with Gasteiger partial charge in [-0.2, -0.15) is 0 Å². The van der Waals surface area contributed by atoms with Gasteiger partial charge in [0.05, 0.1) is 10.0 Å². The van der Waals surface area contributed by atoms with Gasteiger partial charge >= 0.3 is 0 Å². The van der Waals surface area contributed by atoms with E-state index in [9.17, 15) is 4.79 Å². The number of carbonyl (C=O) groups is 1. The van der Waals surface area contributed by atoms with Crippen molar-refractivity contribution in [3.63, 3.8) is 0 Å². The number of hydrogen-bond donors (Lipinski definition) is 3. The third kappa shape index (κ3) is 4.72. The fraction of sp³-hybridized carbons (Fsp3) is 0.538. The zero-order valence-corrected chi connectivity index (χ0v) is 13.8. The van der Waals surface area contributed by atoms with E-state index >= 15 is 0 Å². The van der Waals surface area contributed by atoms with Gasteiger partial charge in [-0.25, -0.2) is 4.98 Å². The Morgan fingerprint density at radius 3 is 2.30 bits per heavy atom. The van der Waals surface area contributed by atoms with Gasteiger partial charge in [0.25, 0.3) is 0 Å². The van der Waals surface area contributed by atoms with Gasteiger partial charge in [0.2, 0.25) is 5.91 Å². The average molecular weight is 319 g/mol. The summed E-state index contributed by atoms with van der Waals surface area (Å²) < 4.78 is 0. The maximum Gasteiger partial charge on any atom is 0.242 e. The molecular weight excluding hydrogens is 299 g/mol. The second-order valence-electron chi connectivity index (χ2n) is 5.50. The van der Waals surface area contributed by atoms with Crippen LogP contribution < -0.4 is 16.0 Å². The van der Waals surface area contributed by atoms with Crippen molar-refractivity contribution in [2.45, 2.75) is 39.3 Å². The highest BCUT2D eigenvalue weighted by molar-refractivity contribution is 6.37. The van der Waals surface area contributed by atoms with Crippen molar-refractivity contribution in [1.29, 1.82) is 0 Å². The van der Waals surface area contributed by atoms with E-state index in [0.717, 1.165) is 0 Å². The molecule has 1 heterocycles. The molecule has 0 saturated carbocycles. The number of rotatable bonds is 4. The number of nitrogens with zero attached hydrogens (tertiary/aromatic N) is 1. The van der Waals surface area contributed by atoms with Crippen molar-refractivity contribution < 1.29 is 4.79 Å². The highest BCUT2D eigenvalue weighted by Crippen LogP contribution is 2.29. The van der Waals surface area contributed by atoms with Crippen molar-refractivity contribution in [3.05, 3.63) is 16.1 Å². The van der Waals surface area contributed by atoms with Gasteiger partial charge in [0.15, 0.2) is 0 Å². The molecule has 1 aromatic rings. The maximum atomic E-state index is 12.0. The zero-order chi connectivity index (χ0) is 15.5. The lowest BCUT2D eigenvalue weighted by Gasteiger charge is -2.24. The molecule has 0 fully saturated rings. The Balaban J connectivity index is 2.85. The van der Waals surface area contributed by atoms with E-state index in [1.165, 1.54) is 0 Å². The molecule has 0 aromatic carbocycles. The Kier molecular flexibility index (Phi) is 5.48. The number of pyridine rings is 1. The van der Waals surface area contributed by atoms with E-state index in [0.29, 0.717) is 21.7 Å². The van der Waals surface area contributed by atoms with Gasteiger partial charge in [-0.1, -0.05) is 23.2 Å². The lowest BCUT2D eigenvalue weighted by Crippen LogP contribution is -2.47. The summed E-state index contributed by atoms with van der Waals surface area (Å²) in [5.74, 6) is 0.787. The minimum atomic E-state index is -0.467. The van der Waals surface area contributed by atoms with E-state index in [4.69, 9.17) is 23.2 Å². The number of amides is 1. The lowest BCUT2D eigenvalue weighted by atomic mass is 10.1. The van der Waals surface area contributed by atoms with Gasteiger partial charge in [-0.15, -0.1) is 0 Å². The Morgan fingerprint density at radius 1 is 1.25 bits per heavy atom. The first-order valence-electron chi connectivity index (χ1n) is 6.26. The molecule has 1 rings (SSSR count). The summed E-state index contributed by atoms with van der Waals surface area (Å²) in [5, 5.41) is 9.52. The van der Waals surface area contributed by atoms with Crippen LogP contribution in [-0.4, -0.2) is 29.5 Å². The summed E-state index contributed by atoms with van der Waals surface area (Å²) in [6, 6.07) is 1.11. The molecule has 1 unspecified atom stereocenters. The molecule has 0 aliphatic carbocycles. The van der Waals surface area contributed by atoms with Gasteiger partial charge in [0.1, 0.15) is 17.7 Å². The van der Waals surface area contributed by atoms with Crippen LogP contribution in [0.1, 0.15) is 27.7 Å². The molecule has 5 nitrogen and oxygen atoms in total. The van der Waals surface area contributed by atoms with Crippen LogP contribution in [0.3, 0.4) is 0 Å². The third-order valence-electron chi connectivity index (χ3n) is 2.41. The van der Waals surface area contributed by atoms with E-state index < -0.39 is 6.04 Å². The third-order valence-corrected chi connectivity index (χ3v) is 2.99. The number of carbonyl (C=O) groups excluding carboxylic acids is 1. The molecule has 7 heteroatoms. The lowest BCUT2D eigenvalue weighted by molar-refractivity contribution is -0.122. The molecular formula is C13H20Cl2N4O. The highest BCUT2D eigenvalue weighted by Gasteiger charge is 2.20. The number of halogens is 2. The fourth-order valence-electron chi connectivity index (χ4n) is 1.49. The minimum Gasteiger partial charge on any atom is -0.372 e. The second-order valence-corrected chi connectivity index (χ2v) is 6.32. The van der Waals surface area contributed by atoms with Crippen LogP contribution in [0.2, 0.25) is 10.0 Å². The fourth-order valence-corrected chi connectivity index (χ4v) is 2.00. The van der Waals surface area contributed by atoms with Crippen LogP contribution in [-0.2, 0) is 4.79 Å². The predicted molar refractivity (Wildman–Crippen MR) is 84.8 cm³/mol. The molecule has 20 heavy (non-hydrogen) atoms. The summed E-state index contributed by atoms with van der Waals surface area (Å²) in [6.45, 7) is 7.51. The quantitative estimate of drug-likeness (QED) is 0.798. The molecule has 0 saturated heterocycles. The summed E-state index contributed by atoms with van der Waals surface area (Å²) in [5.41, 5.74) is -0.291. The van der Waals surface area contributed by atoms with Gasteiger partial charge in [-0.05, 0) is 33.8 Å². The average Bonchev–Trinajstić information content (AvgIpc) is 2.30. The Bertz CT molecular complexity index is 500. The van der Waals surface area contributed by atoms with Crippen molar-refractivity contribution >= 4 is 40.7 Å². The number of hydrogen-bond acceptors (Lipinski definition) is 4. The van der Waals surface area contributed by atoms with Gasteiger partial charge < -0.3 is 16.0 Å². The molecule has 0 aliphatic heterocycles. The van der Waals surface area contributed by atoms with E-state index in [2.05, 4.69) is 20.9 Å². The standard InChI is InChI=1S/C13H20Cl2N4O/c1-7(12(20)19-13(2,3)4)17-11-9(15)6-8(14)10(16-5)18-11/h6-7H,1-5H3,(H,19,20)(H2,16,17,18). The monoisotopic (exact) mass is 318 g/mol. The Hall–Kier alpha value is -1.20. The smallest absolute Gasteiger partial charge is 0.242 e. The molecule has 1 amide bonds. The molecule has 1 atom stereocenters. The summed E-state index contributed by atoms with van der Waals surface area (Å²) in [7, 11) is 1.71. The van der Waals surface area contributed by atoms with Gasteiger partial charge in [-0.3, -0.25) is 4.79 Å². The maximum absolute atomic E-state index is 12.0. The van der Waals surface area contributed by atoms with Crippen LogP contribution in [0.25, 0.3) is 0 Å². The summed E-state index contributed by atoms with van der Waals surface area (Å²) >= 11 is 12.0. The first-order chi connectivity index (χ1) is 9.14. The van der Waals surface area contributed by atoms with Crippen LogP contribution in [0.15, 0.2) is 6.07 Å². The normalized spacial score (nSPS) is 12.8. The van der Waals surface area contributed by atoms with E-state index in [-0.39, 0.29) is 11.4 Å². The number of anilines is 2. The van der Waals surface area contributed by atoms with Crippen molar-refractivity contribution in [1.82, 2.24) is 10.3 Å². The molecule has 0 radical (unpaired) electrons. The van der Waals surface area contributed by atoms with Crippen molar-refractivity contribution in [3.8, 4) is 0 Å².